The van der Waals surface area contributed by atoms with Gasteiger partial charge in [-0.1, -0.05) is 18.2 Å². The summed E-state index contributed by atoms with van der Waals surface area (Å²) in [6.07, 6.45) is 5.90. The number of aryl methyl sites for hydroxylation is 1. The summed E-state index contributed by atoms with van der Waals surface area (Å²) in [6.45, 7) is 7.36. The van der Waals surface area contributed by atoms with Crippen LogP contribution in [0.2, 0.25) is 0 Å². The van der Waals surface area contributed by atoms with Crippen molar-refractivity contribution in [3.05, 3.63) is 63.2 Å². The molecule has 2 aliphatic rings. The summed E-state index contributed by atoms with van der Waals surface area (Å²) < 4.78 is 7.47. The molecule has 1 saturated carbocycles. The Morgan fingerprint density at radius 2 is 1.87 bits per heavy atom. The number of aromatic nitrogens is 2. The Bertz CT molecular complexity index is 1430. The van der Waals surface area contributed by atoms with Gasteiger partial charge in [-0.3, -0.25) is 14.4 Å². The van der Waals surface area contributed by atoms with E-state index in [9.17, 15) is 14.4 Å². The molecule has 0 spiro atoms. The fourth-order valence-electron chi connectivity index (χ4n) is 6.16. The number of thioether (sulfide) groups is 1. The molecule has 2 fully saturated rings. The van der Waals surface area contributed by atoms with Crippen LogP contribution in [0.4, 0.5) is 0 Å². The number of carbonyl (C=O) groups is 2. The molecule has 1 atom stereocenters. The average molecular weight is 551 g/mol. The number of rotatable bonds is 8. The van der Waals surface area contributed by atoms with E-state index in [4.69, 9.17) is 4.74 Å². The van der Waals surface area contributed by atoms with E-state index >= 15 is 0 Å². The van der Waals surface area contributed by atoms with Crippen LogP contribution in [0.1, 0.15) is 66.0 Å². The van der Waals surface area contributed by atoms with E-state index in [0.717, 1.165) is 52.9 Å². The van der Waals surface area contributed by atoms with Crippen LogP contribution in [-0.4, -0.2) is 46.9 Å². The molecular weight excluding hydrogens is 512 g/mol. The zero-order valence-corrected chi connectivity index (χ0v) is 24.0. The molecule has 0 unspecified atom stereocenters. The molecule has 0 radical (unpaired) electrons. The molecule has 39 heavy (non-hydrogen) atoms. The number of aromatic amines is 1. The Morgan fingerprint density at radius 1 is 1.15 bits per heavy atom. The first-order chi connectivity index (χ1) is 18.8. The third-order valence-electron chi connectivity index (χ3n) is 8.48. The number of amides is 2. The van der Waals surface area contributed by atoms with Gasteiger partial charge in [0.25, 0.3) is 11.5 Å². The molecule has 9 heteroatoms. The highest BCUT2D eigenvalue weighted by Gasteiger charge is 2.32. The summed E-state index contributed by atoms with van der Waals surface area (Å²) in [6, 6.07) is 10.4. The third-order valence-corrected chi connectivity index (χ3v) is 9.28. The van der Waals surface area contributed by atoms with Gasteiger partial charge < -0.3 is 24.9 Å². The smallest absolute Gasteiger partial charge is 0.254 e. The Kier molecular flexibility index (Phi) is 8.19. The Hall–Kier alpha value is -3.04. The van der Waals surface area contributed by atoms with Crippen LogP contribution in [0.3, 0.4) is 0 Å². The van der Waals surface area contributed by atoms with E-state index in [-0.39, 0.29) is 41.9 Å². The van der Waals surface area contributed by atoms with Gasteiger partial charge in [-0.2, -0.15) is 0 Å². The van der Waals surface area contributed by atoms with Crippen molar-refractivity contribution in [3.8, 4) is 0 Å². The highest BCUT2D eigenvalue weighted by atomic mass is 32.2. The zero-order valence-electron chi connectivity index (χ0n) is 23.1. The molecular formula is C30H38N4O4S. The molecule has 5 rings (SSSR count). The fraction of sp³-hybridized carbons (Fsp3) is 0.500. The first-order valence-electron chi connectivity index (χ1n) is 13.8. The number of H-pyrrole nitrogens is 1. The van der Waals surface area contributed by atoms with Gasteiger partial charge in [0.15, 0.2) is 0 Å². The highest BCUT2D eigenvalue weighted by Crippen LogP contribution is 2.38. The summed E-state index contributed by atoms with van der Waals surface area (Å²) in [5.41, 5.74) is 3.85. The van der Waals surface area contributed by atoms with Crippen LogP contribution >= 0.6 is 11.8 Å². The molecule has 2 aromatic heterocycles. The molecule has 1 saturated heterocycles. The number of carbonyl (C=O) groups excluding carboxylic acids is 2. The highest BCUT2D eigenvalue weighted by molar-refractivity contribution is 7.98. The van der Waals surface area contributed by atoms with Gasteiger partial charge in [-0.05, 0) is 70.8 Å². The van der Waals surface area contributed by atoms with Crippen LogP contribution in [0.25, 0.3) is 10.9 Å². The van der Waals surface area contributed by atoms with Crippen LogP contribution < -0.4 is 16.2 Å². The van der Waals surface area contributed by atoms with Crippen LogP contribution in [0.5, 0.6) is 0 Å². The lowest BCUT2D eigenvalue weighted by atomic mass is 9.81. The second-order valence-corrected chi connectivity index (χ2v) is 11.8. The SMILES string of the molecule is CSc1cc(C)[nH]c(=O)c1CNC(=O)c1c(C)n([C@H](C)[C@H]2CC[C@H](NC(=O)C3COC3)CC2)c2ccccc12. The van der Waals surface area contributed by atoms with Crippen molar-refractivity contribution >= 4 is 34.5 Å². The number of benzene rings is 1. The van der Waals surface area contributed by atoms with Crippen molar-refractivity contribution in [2.24, 2.45) is 11.8 Å². The summed E-state index contributed by atoms with van der Waals surface area (Å²) in [5.74, 6) is 0.411. The van der Waals surface area contributed by atoms with Gasteiger partial charge in [-0.15, -0.1) is 11.8 Å². The quantitative estimate of drug-likeness (QED) is 0.359. The minimum Gasteiger partial charge on any atom is -0.380 e. The molecule has 3 N–H and O–H groups in total. The van der Waals surface area contributed by atoms with E-state index in [2.05, 4.69) is 33.2 Å². The molecule has 8 nitrogen and oxygen atoms in total. The monoisotopic (exact) mass is 550 g/mol. The first kappa shape index (κ1) is 27.5. The number of nitrogens with zero attached hydrogens (tertiary/aromatic N) is 1. The summed E-state index contributed by atoms with van der Waals surface area (Å²) in [4.78, 5) is 42.2. The first-order valence-corrected chi connectivity index (χ1v) is 15.0. The number of hydrogen-bond donors (Lipinski definition) is 3. The zero-order chi connectivity index (χ0) is 27.7. The molecule has 2 amide bonds. The number of pyridine rings is 1. The molecule has 3 heterocycles. The van der Waals surface area contributed by atoms with Gasteiger partial charge in [-0.25, -0.2) is 0 Å². The van der Waals surface area contributed by atoms with Gasteiger partial charge >= 0.3 is 0 Å². The lowest BCUT2D eigenvalue weighted by Gasteiger charge is -2.35. The molecule has 1 aliphatic heterocycles. The van der Waals surface area contributed by atoms with Crippen molar-refractivity contribution in [2.45, 2.75) is 70.0 Å². The maximum absolute atomic E-state index is 13.6. The maximum Gasteiger partial charge on any atom is 0.254 e. The normalized spacial score (nSPS) is 20.4. The minimum absolute atomic E-state index is 0.0109. The predicted octanol–water partition coefficient (Wildman–Crippen LogP) is 4.48. The second kappa shape index (κ2) is 11.6. The van der Waals surface area contributed by atoms with Gasteiger partial charge in [0.1, 0.15) is 0 Å². The van der Waals surface area contributed by atoms with E-state index < -0.39 is 0 Å². The van der Waals surface area contributed by atoms with E-state index in [1.54, 1.807) is 0 Å². The van der Waals surface area contributed by atoms with E-state index in [1.807, 2.05) is 44.4 Å². The topological polar surface area (TPSA) is 105 Å². The van der Waals surface area contributed by atoms with Crippen molar-refractivity contribution in [1.82, 2.24) is 20.2 Å². The Morgan fingerprint density at radius 3 is 2.54 bits per heavy atom. The summed E-state index contributed by atoms with van der Waals surface area (Å²) in [7, 11) is 0. The molecule has 1 aromatic carbocycles. The molecule has 208 valence electrons. The Balaban J connectivity index is 1.33. The predicted molar refractivity (Wildman–Crippen MR) is 154 cm³/mol. The Labute approximate surface area is 233 Å². The van der Waals surface area contributed by atoms with E-state index in [1.165, 1.54) is 11.8 Å². The third kappa shape index (κ3) is 5.52. The largest absolute Gasteiger partial charge is 0.380 e. The molecule has 3 aromatic rings. The van der Waals surface area contributed by atoms with Crippen molar-refractivity contribution in [3.63, 3.8) is 0 Å². The lowest BCUT2D eigenvalue weighted by molar-refractivity contribution is -0.139. The van der Waals surface area contributed by atoms with E-state index in [0.29, 0.717) is 30.3 Å². The maximum atomic E-state index is 13.6. The number of ether oxygens (including phenoxy) is 1. The van der Waals surface area contributed by atoms with Crippen LogP contribution in [0, 0.1) is 25.7 Å². The molecule has 0 bridgehead atoms. The lowest BCUT2D eigenvalue weighted by Crippen LogP contribution is -2.47. The standard InChI is InChI=1S/C30H38N4O4S/c1-17-13-26(39-4)24(29(36)32-17)14-31-30(37)27-19(3)34(25-8-6-5-7-23(25)27)18(2)20-9-11-22(12-10-20)33-28(35)21-15-38-16-21/h5-8,13,18,20-22H,9-12,14-16H2,1-4H3,(H,31,37)(H,32,36)(H,33,35)/t18-,20-,22-/m1/s1. The van der Waals surface area contributed by atoms with Gasteiger partial charge in [0, 0.05) is 51.4 Å². The average Bonchev–Trinajstić information content (AvgIpc) is 3.18. The number of hydrogen-bond acceptors (Lipinski definition) is 5. The minimum atomic E-state index is -0.173. The second-order valence-electron chi connectivity index (χ2n) is 11.0. The fourth-order valence-corrected chi connectivity index (χ4v) is 6.86. The number of nitrogens with one attached hydrogen (secondary N) is 3. The van der Waals surface area contributed by atoms with Crippen LogP contribution in [-0.2, 0) is 16.1 Å². The van der Waals surface area contributed by atoms with Crippen molar-refractivity contribution in [1.29, 1.82) is 0 Å². The molecule has 1 aliphatic carbocycles. The number of para-hydroxylation sites is 1. The summed E-state index contributed by atoms with van der Waals surface area (Å²) in [5, 5.41) is 7.16. The van der Waals surface area contributed by atoms with Crippen molar-refractivity contribution < 1.29 is 14.3 Å². The number of fused-ring (bicyclic) bond motifs is 1. The van der Waals surface area contributed by atoms with Gasteiger partial charge in [0.05, 0.1) is 24.7 Å². The van der Waals surface area contributed by atoms with Crippen LogP contribution in [0.15, 0.2) is 40.0 Å². The summed E-state index contributed by atoms with van der Waals surface area (Å²) >= 11 is 1.51. The van der Waals surface area contributed by atoms with Crippen molar-refractivity contribution in [2.75, 3.05) is 19.5 Å². The van der Waals surface area contributed by atoms with Gasteiger partial charge in [0.2, 0.25) is 5.91 Å².